The molecule has 0 saturated heterocycles. The van der Waals surface area contributed by atoms with Gasteiger partial charge in [-0.05, 0) is 45.4 Å². The van der Waals surface area contributed by atoms with Crippen LogP contribution in [0.1, 0.15) is 33.3 Å². The average molecular weight is 278 g/mol. The summed E-state index contributed by atoms with van der Waals surface area (Å²) >= 11 is 0. The molecule has 0 unspecified atom stereocenters. The topological polar surface area (TPSA) is 55.8 Å². The molecular formula is C16H22O4. The Bertz CT molecular complexity index is 466. The second-order valence-corrected chi connectivity index (χ2v) is 5.24. The molecule has 0 heterocycles. The van der Waals surface area contributed by atoms with Crippen LogP contribution in [0.15, 0.2) is 36.1 Å². The lowest BCUT2D eigenvalue weighted by Gasteiger charge is -2.17. The largest absolute Gasteiger partial charge is 0.463 e. The minimum atomic E-state index is -0.734. The van der Waals surface area contributed by atoms with Crippen LogP contribution >= 0.6 is 0 Å². The molecule has 0 aliphatic heterocycles. The first-order valence-corrected chi connectivity index (χ1v) is 6.64. The van der Waals surface area contributed by atoms with E-state index in [-0.39, 0.29) is 0 Å². The summed E-state index contributed by atoms with van der Waals surface area (Å²) in [5.41, 5.74) is 0.291. The molecule has 0 aliphatic carbocycles. The van der Waals surface area contributed by atoms with E-state index < -0.39 is 11.6 Å². The Morgan fingerprint density at radius 1 is 1.30 bits per heavy atom. The van der Waals surface area contributed by atoms with Gasteiger partial charge in [-0.25, -0.2) is 4.79 Å². The zero-order chi connectivity index (χ0) is 15.2. The quantitative estimate of drug-likeness (QED) is 0.494. The highest BCUT2D eigenvalue weighted by atomic mass is 16.5. The van der Waals surface area contributed by atoms with Crippen LogP contribution in [0.4, 0.5) is 0 Å². The number of carbonyl (C=O) groups excluding carboxylic acids is 1. The van der Waals surface area contributed by atoms with Crippen molar-refractivity contribution in [3.8, 4) is 5.75 Å². The van der Waals surface area contributed by atoms with E-state index in [0.717, 1.165) is 5.56 Å². The highest BCUT2D eigenvalue weighted by Crippen LogP contribution is 2.18. The van der Waals surface area contributed by atoms with Crippen molar-refractivity contribution in [2.75, 3.05) is 6.61 Å². The van der Waals surface area contributed by atoms with Crippen LogP contribution in [0.5, 0.6) is 5.75 Å². The zero-order valence-corrected chi connectivity index (χ0v) is 12.5. The van der Waals surface area contributed by atoms with E-state index in [1.165, 1.54) is 6.08 Å². The van der Waals surface area contributed by atoms with Gasteiger partial charge in [0.2, 0.25) is 0 Å². The van der Waals surface area contributed by atoms with Gasteiger partial charge in [0.25, 0.3) is 0 Å². The van der Waals surface area contributed by atoms with Gasteiger partial charge in [0, 0.05) is 6.42 Å². The minimum Gasteiger partial charge on any atom is -0.463 e. The number of hydrogen-bond acceptors (Lipinski definition) is 4. The first kappa shape index (κ1) is 16.2. The van der Waals surface area contributed by atoms with Gasteiger partial charge in [-0.15, -0.1) is 0 Å². The highest BCUT2D eigenvalue weighted by Gasteiger charge is 2.13. The van der Waals surface area contributed by atoms with Crippen LogP contribution in [0.2, 0.25) is 0 Å². The summed E-state index contributed by atoms with van der Waals surface area (Å²) in [6.45, 7) is 7.33. The number of esters is 1. The van der Waals surface area contributed by atoms with Gasteiger partial charge in [0.1, 0.15) is 11.5 Å². The van der Waals surface area contributed by atoms with E-state index in [0.29, 0.717) is 24.5 Å². The number of allylic oxidation sites excluding steroid dienone is 1. The number of hydrogen-bond donors (Lipinski definition) is 1. The molecule has 0 aromatic heterocycles. The lowest BCUT2D eigenvalue weighted by molar-refractivity contribution is -0.137. The van der Waals surface area contributed by atoms with Gasteiger partial charge in [0.15, 0.2) is 0 Å². The van der Waals surface area contributed by atoms with Gasteiger partial charge < -0.3 is 14.6 Å². The molecule has 110 valence electrons. The van der Waals surface area contributed by atoms with Crippen molar-refractivity contribution >= 4 is 5.97 Å². The normalized spacial score (nSPS) is 12.2. The molecule has 20 heavy (non-hydrogen) atoms. The molecule has 0 atom stereocenters. The van der Waals surface area contributed by atoms with E-state index >= 15 is 0 Å². The first-order chi connectivity index (χ1) is 9.30. The van der Waals surface area contributed by atoms with Crippen LogP contribution < -0.4 is 4.74 Å². The third kappa shape index (κ3) is 6.38. The van der Waals surface area contributed by atoms with Gasteiger partial charge in [0.05, 0.1) is 18.3 Å². The fourth-order valence-electron chi connectivity index (χ4n) is 1.74. The maximum absolute atomic E-state index is 11.2. The Morgan fingerprint density at radius 2 is 1.90 bits per heavy atom. The maximum Gasteiger partial charge on any atom is 0.334 e. The number of benzene rings is 1. The standard InChI is InChI=1S/C16H22O4/c1-5-19-15(17)10-12(2)20-14-8-6-13(7-9-14)11-16(3,4)18/h6-10,18H,5,11H2,1-4H3/b12-10-. The van der Waals surface area contributed by atoms with Crippen molar-refractivity contribution in [1.29, 1.82) is 0 Å². The minimum absolute atomic E-state index is 0.342. The second kappa shape index (κ2) is 7.10. The molecule has 1 N–H and O–H groups in total. The van der Waals surface area contributed by atoms with Gasteiger partial charge in [-0.2, -0.15) is 0 Å². The Kier molecular flexibility index (Phi) is 5.77. The molecule has 4 nitrogen and oxygen atoms in total. The Morgan fingerprint density at radius 3 is 2.40 bits per heavy atom. The van der Waals surface area contributed by atoms with Crippen LogP contribution in [0.3, 0.4) is 0 Å². The van der Waals surface area contributed by atoms with Crippen LogP contribution in [0.25, 0.3) is 0 Å². The van der Waals surface area contributed by atoms with Crippen molar-refractivity contribution in [3.05, 3.63) is 41.7 Å². The van der Waals surface area contributed by atoms with Crippen molar-refractivity contribution < 1.29 is 19.4 Å². The Labute approximate surface area is 120 Å². The Balaban J connectivity index is 2.63. The molecule has 0 fully saturated rings. The molecule has 4 heteroatoms. The number of carbonyl (C=O) groups is 1. The molecule has 1 rings (SSSR count). The first-order valence-electron chi connectivity index (χ1n) is 6.64. The molecule has 0 aliphatic rings. The number of aliphatic hydroxyl groups is 1. The van der Waals surface area contributed by atoms with E-state index in [4.69, 9.17) is 9.47 Å². The summed E-state index contributed by atoms with van der Waals surface area (Å²) in [6, 6.07) is 7.41. The third-order valence-corrected chi connectivity index (χ3v) is 2.45. The summed E-state index contributed by atoms with van der Waals surface area (Å²) in [5, 5.41) is 9.74. The fraction of sp³-hybridized carbons (Fsp3) is 0.438. The monoisotopic (exact) mass is 278 g/mol. The molecule has 1 aromatic carbocycles. The van der Waals surface area contributed by atoms with E-state index in [1.807, 2.05) is 24.3 Å². The summed E-state index contributed by atoms with van der Waals surface area (Å²) < 4.78 is 10.3. The molecule has 0 amide bonds. The Hall–Kier alpha value is -1.81. The zero-order valence-electron chi connectivity index (χ0n) is 12.5. The van der Waals surface area contributed by atoms with Crippen molar-refractivity contribution in [3.63, 3.8) is 0 Å². The molecule has 0 bridgehead atoms. The summed E-state index contributed by atoms with van der Waals surface area (Å²) in [4.78, 5) is 11.2. The summed E-state index contributed by atoms with van der Waals surface area (Å²) in [7, 11) is 0. The molecule has 0 spiro atoms. The van der Waals surface area contributed by atoms with Crippen LogP contribution in [0, 0.1) is 0 Å². The second-order valence-electron chi connectivity index (χ2n) is 5.24. The third-order valence-electron chi connectivity index (χ3n) is 2.45. The molecule has 1 aromatic rings. The van der Waals surface area contributed by atoms with Crippen molar-refractivity contribution in [2.24, 2.45) is 0 Å². The van der Waals surface area contributed by atoms with Gasteiger partial charge in [-0.1, -0.05) is 12.1 Å². The van der Waals surface area contributed by atoms with Gasteiger partial charge in [-0.3, -0.25) is 0 Å². The molecular weight excluding hydrogens is 256 g/mol. The lowest BCUT2D eigenvalue weighted by Crippen LogP contribution is -2.21. The molecule has 0 saturated carbocycles. The predicted octanol–water partition coefficient (Wildman–Crippen LogP) is 2.85. The summed E-state index contributed by atoms with van der Waals surface area (Å²) in [6.07, 6.45) is 1.89. The average Bonchev–Trinajstić information content (AvgIpc) is 2.30. The van der Waals surface area contributed by atoms with E-state index in [2.05, 4.69) is 0 Å². The maximum atomic E-state index is 11.2. The number of rotatable bonds is 6. The van der Waals surface area contributed by atoms with E-state index in [9.17, 15) is 9.90 Å². The number of ether oxygens (including phenoxy) is 2. The predicted molar refractivity (Wildman–Crippen MR) is 77.5 cm³/mol. The van der Waals surface area contributed by atoms with Crippen LogP contribution in [-0.4, -0.2) is 23.3 Å². The van der Waals surface area contributed by atoms with Crippen molar-refractivity contribution in [2.45, 2.75) is 39.7 Å². The SMILES string of the molecule is CCOC(=O)/C=C(/C)Oc1ccc(CC(C)(C)O)cc1. The summed E-state index contributed by atoms with van der Waals surface area (Å²) in [5.74, 6) is 0.699. The van der Waals surface area contributed by atoms with Crippen molar-refractivity contribution in [1.82, 2.24) is 0 Å². The van der Waals surface area contributed by atoms with Gasteiger partial charge >= 0.3 is 5.97 Å². The smallest absolute Gasteiger partial charge is 0.334 e. The lowest BCUT2D eigenvalue weighted by atomic mass is 9.99. The van der Waals surface area contributed by atoms with E-state index in [1.54, 1.807) is 27.7 Å². The fourth-order valence-corrected chi connectivity index (χ4v) is 1.74. The highest BCUT2D eigenvalue weighted by molar-refractivity contribution is 5.82. The molecule has 0 radical (unpaired) electrons. The van der Waals surface area contributed by atoms with Crippen LogP contribution in [-0.2, 0) is 16.0 Å².